The third kappa shape index (κ3) is 4.19. The average molecular weight is 445 g/mol. The largest absolute Gasteiger partial charge is 0.386 e. The van der Waals surface area contributed by atoms with E-state index in [1.807, 2.05) is 0 Å². The van der Waals surface area contributed by atoms with E-state index >= 15 is 0 Å². The van der Waals surface area contributed by atoms with Gasteiger partial charge in [0.15, 0.2) is 5.82 Å². The number of ether oxygens (including phenoxy) is 1. The molecular formula is C21H25FN6O2S. The Hall–Kier alpha value is -2.43. The summed E-state index contributed by atoms with van der Waals surface area (Å²) in [6.07, 6.45) is 2.62. The first-order chi connectivity index (χ1) is 15.2. The topological polar surface area (TPSA) is 87.5 Å². The van der Waals surface area contributed by atoms with Gasteiger partial charge in [-0.3, -0.25) is 0 Å². The molecule has 4 heterocycles. The molecule has 2 aliphatic heterocycles. The predicted molar refractivity (Wildman–Crippen MR) is 117 cm³/mol. The van der Waals surface area contributed by atoms with Crippen molar-refractivity contribution in [1.82, 2.24) is 20.4 Å². The number of hydrogen-bond acceptors (Lipinski definition) is 9. The molecule has 3 aromatic rings. The molecule has 2 atom stereocenters. The summed E-state index contributed by atoms with van der Waals surface area (Å²) in [6, 6.07) is 6.22. The van der Waals surface area contributed by atoms with Crippen LogP contribution in [0, 0.1) is 5.92 Å². The number of anilines is 2. The van der Waals surface area contributed by atoms with Crippen LogP contribution in [-0.2, 0) is 11.4 Å². The van der Waals surface area contributed by atoms with Crippen molar-refractivity contribution in [3.8, 4) is 0 Å². The fourth-order valence-electron chi connectivity index (χ4n) is 4.39. The lowest BCUT2D eigenvalue weighted by Crippen LogP contribution is -2.38. The van der Waals surface area contributed by atoms with Gasteiger partial charge in [-0.15, -0.1) is 21.5 Å². The molecule has 2 saturated heterocycles. The Morgan fingerprint density at radius 1 is 1.19 bits per heavy atom. The minimum absolute atomic E-state index is 0.00463. The summed E-state index contributed by atoms with van der Waals surface area (Å²) in [5.41, 5.74) is 1.92. The number of aliphatic hydroxyl groups is 1. The summed E-state index contributed by atoms with van der Waals surface area (Å²) < 4.78 is 18.3. The minimum atomic E-state index is -0.706. The molecule has 5 rings (SSSR count). The third-order valence-electron chi connectivity index (χ3n) is 6.05. The first-order valence-electron chi connectivity index (χ1n) is 10.6. The van der Waals surface area contributed by atoms with Gasteiger partial charge in [-0.25, -0.2) is 9.37 Å². The van der Waals surface area contributed by atoms with Crippen LogP contribution in [0.1, 0.15) is 28.8 Å². The zero-order chi connectivity index (χ0) is 21.2. The Balaban J connectivity index is 1.38. The van der Waals surface area contributed by atoms with E-state index in [2.05, 4.69) is 48.4 Å². The van der Waals surface area contributed by atoms with Gasteiger partial charge in [-0.1, -0.05) is 0 Å². The molecule has 0 bridgehead atoms. The molecule has 0 saturated carbocycles. The van der Waals surface area contributed by atoms with E-state index in [9.17, 15) is 9.50 Å². The molecule has 1 aromatic carbocycles. The van der Waals surface area contributed by atoms with Crippen LogP contribution in [0.25, 0.3) is 10.9 Å². The van der Waals surface area contributed by atoms with Crippen LogP contribution in [-0.4, -0.2) is 64.9 Å². The van der Waals surface area contributed by atoms with Crippen LogP contribution in [0.5, 0.6) is 0 Å². The lowest BCUT2D eigenvalue weighted by Gasteiger charge is -2.35. The van der Waals surface area contributed by atoms with Gasteiger partial charge in [0.25, 0.3) is 0 Å². The van der Waals surface area contributed by atoms with Crippen molar-refractivity contribution in [2.45, 2.75) is 25.6 Å². The number of fused-ring (bicyclic) bond motifs is 1. The molecule has 10 heteroatoms. The number of rotatable bonds is 5. The molecule has 2 fully saturated rings. The summed E-state index contributed by atoms with van der Waals surface area (Å²) in [4.78, 5) is 9.23. The fraction of sp³-hybridized carbons (Fsp3) is 0.524. The summed E-state index contributed by atoms with van der Waals surface area (Å²) in [5.74, 6) is 0.795. The second-order valence-corrected chi connectivity index (χ2v) is 9.15. The second-order valence-electron chi connectivity index (χ2n) is 8.01. The first-order valence-corrected chi connectivity index (χ1v) is 11.4. The van der Waals surface area contributed by atoms with Crippen LogP contribution >= 0.6 is 11.3 Å². The third-order valence-corrected chi connectivity index (χ3v) is 7.08. The van der Waals surface area contributed by atoms with E-state index in [1.54, 1.807) is 0 Å². The van der Waals surface area contributed by atoms with Crippen molar-refractivity contribution in [2.24, 2.45) is 5.92 Å². The highest BCUT2D eigenvalue weighted by molar-refractivity contribution is 7.11. The highest BCUT2D eigenvalue weighted by Crippen LogP contribution is 2.35. The molecule has 0 aliphatic carbocycles. The number of halogens is 1. The average Bonchev–Trinajstić information content (AvgIpc) is 3.33. The van der Waals surface area contributed by atoms with E-state index in [-0.39, 0.29) is 5.92 Å². The summed E-state index contributed by atoms with van der Waals surface area (Å²) >= 11 is 1.24. The molecule has 31 heavy (non-hydrogen) atoms. The van der Waals surface area contributed by atoms with Gasteiger partial charge in [0.2, 0.25) is 0 Å². The maximum Gasteiger partial charge on any atom is 0.162 e. The predicted octanol–water partition coefficient (Wildman–Crippen LogP) is 2.74. The van der Waals surface area contributed by atoms with Gasteiger partial charge in [-0.2, -0.15) is 0 Å². The van der Waals surface area contributed by atoms with Crippen LogP contribution in [0.4, 0.5) is 15.9 Å². The number of benzene rings is 1. The monoisotopic (exact) mass is 444 g/mol. The summed E-state index contributed by atoms with van der Waals surface area (Å²) in [6.45, 7) is 4.13. The van der Waals surface area contributed by atoms with Crippen LogP contribution in [0.3, 0.4) is 0 Å². The van der Waals surface area contributed by atoms with Gasteiger partial charge < -0.3 is 19.6 Å². The summed E-state index contributed by atoms with van der Waals surface area (Å²) in [5, 5.41) is 25.0. The number of hydrogen-bond donors (Lipinski definition) is 1. The highest BCUT2D eigenvalue weighted by Gasteiger charge is 2.30. The van der Waals surface area contributed by atoms with Crippen molar-refractivity contribution in [1.29, 1.82) is 0 Å². The first kappa shape index (κ1) is 20.5. The van der Waals surface area contributed by atoms with Gasteiger partial charge in [-0.05, 0) is 36.3 Å². The van der Waals surface area contributed by atoms with Crippen molar-refractivity contribution >= 4 is 33.7 Å². The normalized spacial score (nSPS) is 20.9. The molecule has 2 aliphatic rings. The smallest absolute Gasteiger partial charge is 0.162 e. The zero-order valence-electron chi connectivity index (χ0n) is 17.2. The number of piperidine rings is 1. The van der Waals surface area contributed by atoms with E-state index in [1.165, 1.54) is 17.5 Å². The molecule has 0 unspecified atom stereocenters. The van der Waals surface area contributed by atoms with E-state index in [0.717, 1.165) is 68.1 Å². The van der Waals surface area contributed by atoms with E-state index in [4.69, 9.17) is 4.74 Å². The van der Waals surface area contributed by atoms with Gasteiger partial charge >= 0.3 is 0 Å². The van der Waals surface area contributed by atoms with E-state index < -0.39 is 12.8 Å². The minimum Gasteiger partial charge on any atom is -0.386 e. The maximum absolute atomic E-state index is 12.9. The molecule has 164 valence electrons. The Morgan fingerprint density at radius 3 is 2.87 bits per heavy atom. The van der Waals surface area contributed by atoms with Crippen LogP contribution in [0.2, 0.25) is 0 Å². The Labute approximate surface area is 183 Å². The molecular weight excluding hydrogens is 419 g/mol. The van der Waals surface area contributed by atoms with Crippen LogP contribution < -0.4 is 9.80 Å². The molecule has 1 N–H and O–H groups in total. The molecule has 0 amide bonds. The van der Waals surface area contributed by atoms with Gasteiger partial charge in [0.1, 0.15) is 23.3 Å². The lowest BCUT2D eigenvalue weighted by molar-refractivity contribution is 0.0977. The quantitative estimate of drug-likeness (QED) is 0.643. The molecule has 8 nitrogen and oxygen atoms in total. The summed E-state index contributed by atoms with van der Waals surface area (Å²) in [7, 11) is 0. The number of morpholine rings is 1. The number of alkyl halides is 1. The lowest BCUT2D eigenvalue weighted by atomic mass is 9.92. The fourth-order valence-corrected chi connectivity index (χ4v) is 5.24. The number of aliphatic hydroxyl groups excluding tert-OH is 1. The standard InChI is InChI=1S/C21H25FN6O2S/c22-11-16-12-23-21(31-16)19(29)14-2-1-5-28(13-14)20-17-4-3-15(10-18(17)24-26-25-20)27-6-8-30-9-7-27/h3-4,10,12,14,19,29H,1-2,5-9,11,13H2/t14-,19+/m0/s1. The Morgan fingerprint density at radius 2 is 2.06 bits per heavy atom. The van der Waals surface area contributed by atoms with Crippen molar-refractivity contribution in [3.05, 3.63) is 34.3 Å². The Bertz CT molecular complexity index is 1040. The van der Waals surface area contributed by atoms with Gasteiger partial charge in [0, 0.05) is 49.4 Å². The molecule has 0 spiro atoms. The van der Waals surface area contributed by atoms with E-state index in [0.29, 0.717) is 16.4 Å². The zero-order valence-corrected chi connectivity index (χ0v) is 18.0. The van der Waals surface area contributed by atoms with Crippen molar-refractivity contribution < 1.29 is 14.2 Å². The second kappa shape index (κ2) is 8.97. The maximum atomic E-state index is 12.9. The van der Waals surface area contributed by atoms with Crippen molar-refractivity contribution in [2.75, 3.05) is 49.2 Å². The SMILES string of the molecule is O[C@@H](c1ncc(CF)s1)[C@H]1CCCN(c2nnnc3cc(N4CCOCC4)ccc23)C1. The Kier molecular flexibility index (Phi) is 5.93. The van der Waals surface area contributed by atoms with Crippen LogP contribution in [0.15, 0.2) is 24.4 Å². The van der Waals surface area contributed by atoms with Crippen molar-refractivity contribution in [3.63, 3.8) is 0 Å². The highest BCUT2D eigenvalue weighted by atomic mass is 32.1. The number of nitrogens with zero attached hydrogens (tertiary/aromatic N) is 6. The number of aromatic nitrogens is 4. The molecule has 2 aromatic heterocycles. The van der Waals surface area contributed by atoms with Gasteiger partial charge in [0.05, 0.1) is 18.1 Å². The number of thiazole rings is 1. The molecule has 0 radical (unpaired) electrons.